The number of benzene rings is 1. The lowest BCUT2D eigenvalue weighted by Gasteiger charge is -2.07. The monoisotopic (exact) mass is 314 g/mol. The molecule has 1 aromatic rings. The van der Waals surface area contributed by atoms with Crippen LogP contribution in [0.2, 0.25) is 0 Å². The fraction of sp³-hybridized carbons (Fsp3) is 0.400. The zero-order valence-electron chi connectivity index (χ0n) is 11.8. The van der Waals surface area contributed by atoms with E-state index in [9.17, 15) is 4.79 Å². The first-order valence-corrected chi connectivity index (χ1v) is 7.04. The first kappa shape index (κ1) is 17.3. The van der Waals surface area contributed by atoms with Crippen LogP contribution in [0.5, 0.6) is 11.5 Å². The van der Waals surface area contributed by atoms with E-state index < -0.39 is 0 Å². The summed E-state index contributed by atoms with van der Waals surface area (Å²) in [5.41, 5.74) is 0. The molecule has 0 saturated heterocycles. The summed E-state index contributed by atoms with van der Waals surface area (Å²) in [4.78, 5) is 15.4. The van der Waals surface area contributed by atoms with Gasteiger partial charge in [-0.15, -0.1) is 0 Å². The highest BCUT2D eigenvalue weighted by molar-refractivity contribution is 6.06. The maximum Gasteiger partial charge on any atom is 0.330 e. The standard InChI is InChI=1S/C15H19ClO5/c1-2-15(17)19-12-6-4-3-5-11-18-13-7-9-14(10-8-13)20-21-16/h2,7-10H,1,3-6,11-12H2. The zero-order chi connectivity index (χ0) is 15.3. The van der Waals surface area contributed by atoms with Gasteiger partial charge in [0.15, 0.2) is 5.75 Å². The van der Waals surface area contributed by atoms with Crippen LogP contribution in [0.3, 0.4) is 0 Å². The first-order chi connectivity index (χ1) is 10.3. The molecular weight excluding hydrogens is 296 g/mol. The topological polar surface area (TPSA) is 54.0 Å². The van der Waals surface area contributed by atoms with Crippen molar-refractivity contribution in [1.29, 1.82) is 0 Å². The highest BCUT2D eigenvalue weighted by atomic mass is 35.5. The Kier molecular flexibility index (Phi) is 9.08. The number of ether oxygens (including phenoxy) is 2. The molecule has 0 radical (unpaired) electrons. The van der Waals surface area contributed by atoms with Crippen LogP contribution in [0.25, 0.3) is 0 Å². The van der Waals surface area contributed by atoms with Crippen molar-refractivity contribution in [2.75, 3.05) is 13.2 Å². The van der Waals surface area contributed by atoms with Crippen molar-refractivity contribution < 1.29 is 23.6 Å². The summed E-state index contributed by atoms with van der Waals surface area (Å²) in [5.74, 6) is 0.897. The predicted octanol–water partition coefficient (Wildman–Crippen LogP) is 3.82. The Morgan fingerprint density at radius 3 is 2.29 bits per heavy atom. The van der Waals surface area contributed by atoms with Crippen LogP contribution < -0.4 is 9.62 Å². The van der Waals surface area contributed by atoms with E-state index in [2.05, 4.69) is 15.9 Å². The second-order valence-electron chi connectivity index (χ2n) is 4.25. The van der Waals surface area contributed by atoms with Gasteiger partial charge in [-0.05, 0) is 49.9 Å². The number of hydrogen-bond donors (Lipinski definition) is 0. The van der Waals surface area contributed by atoms with E-state index in [1.54, 1.807) is 24.3 Å². The minimum absolute atomic E-state index is 0.370. The minimum Gasteiger partial charge on any atom is -0.494 e. The van der Waals surface area contributed by atoms with Crippen molar-refractivity contribution in [2.24, 2.45) is 0 Å². The molecule has 0 atom stereocenters. The second kappa shape index (κ2) is 11.0. The van der Waals surface area contributed by atoms with E-state index in [0.717, 1.165) is 31.4 Å². The van der Waals surface area contributed by atoms with E-state index in [1.165, 1.54) is 6.08 Å². The molecule has 0 aliphatic carbocycles. The highest BCUT2D eigenvalue weighted by Crippen LogP contribution is 2.18. The molecule has 0 saturated carbocycles. The maximum atomic E-state index is 10.8. The lowest BCUT2D eigenvalue weighted by atomic mass is 10.2. The van der Waals surface area contributed by atoms with Crippen molar-refractivity contribution in [1.82, 2.24) is 0 Å². The fourth-order valence-electron chi connectivity index (χ4n) is 1.61. The van der Waals surface area contributed by atoms with E-state index in [1.807, 2.05) is 0 Å². The van der Waals surface area contributed by atoms with Crippen LogP contribution in [-0.2, 0) is 14.0 Å². The molecule has 0 heterocycles. The molecule has 116 valence electrons. The molecule has 0 amide bonds. The summed E-state index contributed by atoms with van der Waals surface area (Å²) >= 11 is 4.97. The predicted molar refractivity (Wildman–Crippen MR) is 79.1 cm³/mol. The van der Waals surface area contributed by atoms with Crippen molar-refractivity contribution in [3.05, 3.63) is 36.9 Å². The Morgan fingerprint density at radius 2 is 1.67 bits per heavy atom. The van der Waals surface area contributed by atoms with Gasteiger partial charge in [0.2, 0.25) is 0 Å². The number of carbonyl (C=O) groups excluding carboxylic acids is 1. The zero-order valence-corrected chi connectivity index (χ0v) is 12.5. The van der Waals surface area contributed by atoms with Crippen LogP contribution in [0.4, 0.5) is 0 Å². The van der Waals surface area contributed by atoms with Gasteiger partial charge in [0.1, 0.15) is 17.6 Å². The van der Waals surface area contributed by atoms with Gasteiger partial charge in [-0.3, -0.25) is 0 Å². The molecule has 21 heavy (non-hydrogen) atoms. The molecule has 0 N–H and O–H groups in total. The van der Waals surface area contributed by atoms with Crippen molar-refractivity contribution in [3.8, 4) is 11.5 Å². The third-order valence-corrected chi connectivity index (χ3v) is 2.73. The molecule has 1 rings (SSSR count). The van der Waals surface area contributed by atoms with E-state index >= 15 is 0 Å². The van der Waals surface area contributed by atoms with E-state index in [0.29, 0.717) is 19.0 Å². The molecule has 0 unspecified atom stereocenters. The third kappa shape index (κ3) is 8.22. The average molecular weight is 315 g/mol. The Balaban J connectivity index is 2.01. The van der Waals surface area contributed by atoms with Crippen LogP contribution in [-0.4, -0.2) is 19.2 Å². The van der Waals surface area contributed by atoms with E-state index in [-0.39, 0.29) is 5.97 Å². The first-order valence-electron chi connectivity index (χ1n) is 6.73. The summed E-state index contributed by atoms with van der Waals surface area (Å²) in [6.45, 7) is 4.41. The van der Waals surface area contributed by atoms with Crippen LogP contribution in [0.1, 0.15) is 25.7 Å². The molecule has 1 aromatic carbocycles. The molecule has 0 aromatic heterocycles. The molecule has 0 aliphatic heterocycles. The molecule has 0 aliphatic rings. The second-order valence-corrected chi connectivity index (χ2v) is 4.38. The van der Waals surface area contributed by atoms with Crippen LogP contribution in [0, 0.1) is 0 Å². The molecule has 6 heteroatoms. The van der Waals surface area contributed by atoms with Gasteiger partial charge in [-0.25, -0.2) is 4.79 Å². The summed E-state index contributed by atoms with van der Waals surface area (Å²) in [6, 6.07) is 6.96. The van der Waals surface area contributed by atoms with E-state index in [4.69, 9.17) is 21.3 Å². The number of rotatable bonds is 11. The van der Waals surface area contributed by atoms with Gasteiger partial charge >= 0.3 is 5.97 Å². The van der Waals surface area contributed by atoms with Gasteiger partial charge in [-0.2, -0.15) is 0 Å². The highest BCUT2D eigenvalue weighted by Gasteiger charge is 1.98. The average Bonchev–Trinajstić information content (AvgIpc) is 2.51. The summed E-state index contributed by atoms with van der Waals surface area (Å²) in [7, 11) is 0. The molecular formula is C15H19ClO5. The summed E-state index contributed by atoms with van der Waals surface area (Å²) in [5, 5.41) is 0. The molecule has 5 nitrogen and oxygen atoms in total. The molecule has 0 spiro atoms. The number of halogens is 1. The quantitative estimate of drug-likeness (QED) is 0.204. The van der Waals surface area contributed by atoms with Gasteiger partial charge < -0.3 is 14.4 Å². The summed E-state index contributed by atoms with van der Waals surface area (Å²) < 4.78 is 14.5. The number of esters is 1. The lowest BCUT2D eigenvalue weighted by molar-refractivity contribution is -0.137. The Bertz CT molecular complexity index is 419. The van der Waals surface area contributed by atoms with Crippen LogP contribution >= 0.6 is 11.9 Å². The van der Waals surface area contributed by atoms with Gasteiger partial charge in [0, 0.05) is 6.08 Å². The SMILES string of the molecule is C=CC(=O)OCCCCCCOc1ccc(OOCl)cc1. The van der Waals surface area contributed by atoms with Crippen molar-refractivity contribution in [2.45, 2.75) is 25.7 Å². The molecule has 0 bridgehead atoms. The van der Waals surface area contributed by atoms with Gasteiger partial charge in [0.25, 0.3) is 0 Å². The number of hydrogen-bond acceptors (Lipinski definition) is 5. The van der Waals surface area contributed by atoms with Crippen molar-refractivity contribution >= 4 is 17.8 Å². The van der Waals surface area contributed by atoms with Gasteiger partial charge in [0.05, 0.1) is 13.2 Å². The Hall–Kier alpha value is -1.72. The minimum atomic E-state index is -0.370. The Morgan fingerprint density at radius 1 is 1.05 bits per heavy atom. The Labute approximate surface area is 129 Å². The van der Waals surface area contributed by atoms with Crippen molar-refractivity contribution in [3.63, 3.8) is 0 Å². The summed E-state index contributed by atoms with van der Waals surface area (Å²) in [6.07, 6.45) is 4.98. The fourth-order valence-corrected chi connectivity index (χ4v) is 1.68. The lowest BCUT2D eigenvalue weighted by Crippen LogP contribution is -2.02. The number of unbranched alkanes of at least 4 members (excludes halogenated alkanes) is 3. The van der Waals surface area contributed by atoms with Crippen LogP contribution in [0.15, 0.2) is 36.9 Å². The number of carbonyl (C=O) groups is 1. The third-order valence-electron chi connectivity index (χ3n) is 2.67. The molecule has 0 fully saturated rings. The smallest absolute Gasteiger partial charge is 0.330 e. The maximum absolute atomic E-state index is 10.8. The van der Waals surface area contributed by atoms with Gasteiger partial charge in [-0.1, -0.05) is 11.0 Å². The largest absolute Gasteiger partial charge is 0.494 e. The normalized spacial score (nSPS) is 9.95.